The third-order valence-corrected chi connectivity index (χ3v) is 6.91. The van der Waals surface area contributed by atoms with Crippen LogP contribution in [0.3, 0.4) is 0 Å². The summed E-state index contributed by atoms with van der Waals surface area (Å²) in [6, 6.07) is 8.97. The lowest BCUT2D eigenvalue weighted by Gasteiger charge is -2.43. The number of hydrogen-bond donors (Lipinski definition) is 0. The van der Waals surface area contributed by atoms with Crippen LogP contribution in [0.5, 0.6) is 0 Å². The van der Waals surface area contributed by atoms with E-state index in [9.17, 15) is 0 Å². The Morgan fingerprint density at radius 2 is 1.91 bits per heavy atom. The van der Waals surface area contributed by atoms with E-state index >= 15 is 0 Å². The number of fused-ring (bicyclic) bond motifs is 1. The van der Waals surface area contributed by atoms with Crippen LogP contribution in [-0.2, 0) is 6.42 Å². The summed E-state index contributed by atoms with van der Waals surface area (Å²) < 4.78 is 0. The van der Waals surface area contributed by atoms with Gasteiger partial charge in [-0.1, -0.05) is 48.8 Å². The van der Waals surface area contributed by atoms with Gasteiger partial charge in [0, 0.05) is 0 Å². The molecule has 0 amide bonds. The maximum atomic E-state index is 2.61. The van der Waals surface area contributed by atoms with Crippen LogP contribution in [0, 0.1) is 35.5 Å². The van der Waals surface area contributed by atoms with Crippen LogP contribution in [0.1, 0.15) is 44.6 Å². The van der Waals surface area contributed by atoms with Gasteiger partial charge in [0.2, 0.25) is 0 Å². The molecule has 0 N–H and O–H groups in total. The summed E-state index contributed by atoms with van der Waals surface area (Å²) in [5, 5.41) is 0. The van der Waals surface area contributed by atoms with Crippen molar-refractivity contribution in [3.63, 3.8) is 0 Å². The van der Waals surface area contributed by atoms with E-state index < -0.39 is 0 Å². The second kappa shape index (κ2) is 5.91. The quantitative estimate of drug-likeness (QED) is 0.585. The second-order valence-corrected chi connectivity index (χ2v) is 8.40. The van der Waals surface area contributed by atoms with E-state index in [1.807, 2.05) is 0 Å². The summed E-state index contributed by atoms with van der Waals surface area (Å²) in [6.07, 6.45) is 13.7. The Hall–Kier alpha value is -0.975. The number of rotatable bonds is 4. The van der Waals surface area contributed by atoms with Gasteiger partial charge in [-0.3, -0.25) is 0 Å². The number of aryl methyl sites for hydroxylation is 1. The van der Waals surface area contributed by atoms with Crippen LogP contribution in [0.4, 0.5) is 0 Å². The lowest BCUT2D eigenvalue weighted by molar-refractivity contribution is 0.0723. The van der Waals surface area contributed by atoms with Crippen molar-refractivity contribution < 1.29 is 0 Å². The van der Waals surface area contributed by atoms with Gasteiger partial charge >= 0.3 is 0 Å². The summed E-state index contributed by atoms with van der Waals surface area (Å²) in [6.45, 7) is 2.52. The third-order valence-electron chi connectivity index (χ3n) is 6.91. The lowest BCUT2D eigenvalue weighted by atomic mass is 9.62. The van der Waals surface area contributed by atoms with Crippen LogP contribution in [-0.4, -0.2) is 7.85 Å². The van der Waals surface area contributed by atoms with Crippen LogP contribution >= 0.6 is 0 Å². The van der Waals surface area contributed by atoms with Gasteiger partial charge in [-0.25, -0.2) is 0 Å². The van der Waals surface area contributed by atoms with Crippen LogP contribution in [0.15, 0.2) is 36.4 Å². The molecule has 4 rings (SSSR count). The molecule has 2 bridgehead atoms. The number of allylic oxidation sites excluding steroid dienone is 2. The summed E-state index contributed by atoms with van der Waals surface area (Å²) in [4.78, 5) is 0. The highest BCUT2D eigenvalue weighted by molar-refractivity contribution is 6.32. The zero-order valence-corrected chi connectivity index (χ0v) is 14.2. The molecule has 3 aliphatic rings. The van der Waals surface area contributed by atoms with E-state index in [1.165, 1.54) is 30.3 Å². The summed E-state index contributed by atoms with van der Waals surface area (Å²) in [5.41, 5.74) is 2.87. The summed E-state index contributed by atoms with van der Waals surface area (Å²) in [5.74, 6) is 6.12. The van der Waals surface area contributed by atoms with Crippen molar-refractivity contribution in [3.05, 3.63) is 42.0 Å². The predicted octanol–water partition coefficient (Wildman–Crippen LogP) is 3.75. The van der Waals surface area contributed by atoms with Gasteiger partial charge in [-0.05, 0) is 79.6 Å². The first-order valence-corrected chi connectivity index (χ1v) is 9.43. The highest BCUT2D eigenvalue weighted by Crippen LogP contribution is 2.61. The smallest absolute Gasteiger partial charge is 0.0887 e. The first kappa shape index (κ1) is 14.6. The Bertz CT molecular complexity index is 561. The molecule has 0 spiro atoms. The molecule has 0 aliphatic heterocycles. The molecular formula is C21H29B. The molecule has 0 aromatic heterocycles. The van der Waals surface area contributed by atoms with E-state index in [1.54, 1.807) is 19.3 Å². The van der Waals surface area contributed by atoms with Gasteiger partial charge in [0.25, 0.3) is 0 Å². The van der Waals surface area contributed by atoms with E-state index in [4.69, 9.17) is 0 Å². The zero-order chi connectivity index (χ0) is 15.1. The molecule has 1 aromatic carbocycles. The molecule has 22 heavy (non-hydrogen) atoms. The molecule has 1 aromatic rings. The average molecular weight is 292 g/mol. The Labute approximate surface area is 136 Å². The lowest BCUT2D eigenvalue weighted by Crippen LogP contribution is -2.34. The zero-order valence-electron chi connectivity index (χ0n) is 14.2. The van der Waals surface area contributed by atoms with Crippen molar-refractivity contribution >= 4 is 13.3 Å². The molecule has 0 heterocycles. The maximum absolute atomic E-state index is 2.61. The molecule has 3 aliphatic carbocycles. The Morgan fingerprint density at radius 1 is 1.09 bits per heavy atom. The van der Waals surface area contributed by atoms with Crippen LogP contribution in [0.2, 0.25) is 0 Å². The molecule has 116 valence electrons. The topological polar surface area (TPSA) is 0 Å². The Morgan fingerprint density at radius 3 is 2.77 bits per heavy atom. The molecule has 0 radical (unpaired) electrons. The van der Waals surface area contributed by atoms with E-state index in [-0.39, 0.29) is 0 Å². The van der Waals surface area contributed by atoms with Crippen molar-refractivity contribution in [1.82, 2.24) is 0 Å². The fourth-order valence-corrected chi connectivity index (χ4v) is 5.82. The minimum Gasteiger partial charge on any atom is -0.0887 e. The summed E-state index contributed by atoms with van der Waals surface area (Å²) >= 11 is 0. The largest absolute Gasteiger partial charge is 0.139 e. The van der Waals surface area contributed by atoms with E-state index in [2.05, 4.69) is 51.2 Å². The predicted molar refractivity (Wildman–Crippen MR) is 97.2 cm³/mol. The fraction of sp³-hybridized carbons (Fsp3) is 0.619. The molecule has 3 fully saturated rings. The van der Waals surface area contributed by atoms with Crippen molar-refractivity contribution in [3.8, 4) is 0 Å². The molecule has 0 nitrogen and oxygen atoms in total. The second-order valence-electron chi connectivity index (χ2n) is 8.40. The highest BCUT2D eigenvalue weighted by atomic mass is 14.6. The van der Waals surface area contributed by atoms with E-state index in [0.29, 0.717) is 0 Å². The van der Waals surface area contributed by atoms with Gasteiger partial charge in [-0.2, -0.15) is 0 Å². The van der Waals surface area contributed by atoms with E-state index in [0.717, 1.165) is 35.5 Å². The molecular weight excluding hydrogens is 263 g/mol. The van der Waals surface area contributed by atoms with Crippen molar-refractivity contribution in [1.29, 1.82) is 0 Å². The van der Waals surface area contributed by atoms with Crippen molar-refractivity contribution in [2.24, 2.45) is 35.5 Å². The molecule has 0 saturated heterocycles. The van der Waals surface area contributed by atoms with Crippen LogP contribution < -0.4 is 5.46 Å². The SMILES string of the molecule is Bc1cccc(CC/C=C/C2C(C)CC3CC4CC2CC34)c1. The Kier molecular flexibility index (Phi) is 3.92. The molecule has 3 saturated carbocycles. The monoisotopic (exact) mass is 292 g/mol. The normalized spacial score (nSPS) is 39.7. The molecule has 6 unspecified atom stereocenters. The number of hydrogen-bond acceptors (Lipinski definition) is 0. The van der Waals surface area contributed by atoms with Gasteiger partial charge in [0.15, 0.2) is 0 Å². The Balaban J connectivity index is 1.36. The molecule has 1 heteroatoms. The van der Waals surface area contributed by atoms with Crippen molar-refractivity contribution in [2.75, 3.05) is 0 Å². The maximum Gasteiger partial charge on any atom is 0.139 e. The fourth-order valence-electron chi connectivity index (χ4n) is 5.82. The minimum absolute atomic E-state index is 0.871. The molecule has 6 atom stereocenters. The van der Waals surface area contributed by atoms with Gasteiger partial charge < -0.3 is 0 Å². The first-order valence-electron chi connectivity index (χ1n) is 9.43. The average Bonchev–Trinajstić information content (AvgIpc) is 2.76. The van der Waals surface area contributed by atoms with Crippen molar-refractivity contribution in [2.45, 2.75) is 45.4 Å². The number of benzene rings is 1. The standard InChI is InChI=1S/C21H29B/c1-14-9-16-11-17-12-18(13-21(16)17)20(14)8-3-2-5-15-6-4-7-19(22)10-15/h3-4,6-8,10,14,16-18,20-21H,2,5,9,11-13,22H2,1H3/b8-3+. The van der Waals surface area contributed by atoms with Crippen LogP contribution in [0.25, 0.3) is 0 Å². The van der Waals surface area contributed by atoms with Gasteiger partial charge in [0.05, 0.1) is 0 Å². The minimum atomic E-state index is 0.871. The highest BCUT2D eigenvalue weighted by Gasteiger charge is 2.52. The van der Waals surface area contributed by atoms with Gasteiger partial charge in [0.1, 0.15) is 7.85 Å². The first-order chi connectivity index (χ1) is 10.7. The van der Waals surface area contributed by atoms with Gasteiger partial charge in [-0.15, -0.1) is 0 Å². The third kappa shape index (κ3) is 2.68. The summed E-state index contributed by atoms with van der Waals surface area (Å²) in [7, 11) is 2.19.